The van der Waals surface area contributed by atoms with E-state index in [0.29, 0.717) is 34.1 Å². The van der Waals surface area contributed by atoms with Crippen molar-refractivity contribution < 1.29 is 13.2 Å². The normalized spacial score (nSPS) is 20.1. The van der Waals surface area contributed by atoms with Crippen molar-refractivity contribution in [2.45, 2.75) is 11.7 Å². The summed E-state index contributed by atoms with van der Waals surface area (Å²) in [6.45, 7) is 0.479. The summed E-state index contributed by atoms with van der Waals surface area (Å²) in [6.07, 6.45) is 0.308. The Morgan fingerprint density at radius 1 is 0.960 bits per heavy atom. The van der Waals surface area contributed by atoms with Gasteiger partial charge in [0.05, 0.1) is 21.6 Å². The average Bonchev–Trinajstić information content (AvgIpc) is 2.74. The van der Waals surface area contributed by atoms with Crippen LogP contribution in [0.25, 0.3) is 0 Å². The van der Waals surface area contributed by atoms with Gasteiger partial charge in [0.2, 0.25) is 0 Å². The van der Waals surface area contributed by atoms with Crippen LogP contribution in [0, 0.1) is 0 Å². The summed E-state index contributed by atoms with van der Waals surface area (Å²) in [5.74, 6) is -0.348. The van der Waals surface area contributed by atoms with Gasteiger partial charge in [-0.3, -0.25) is 4.79 Å². The minimum Gasteiger partial charge on any atom is -0.338 e. The van der Waals surface area contributed by atoms with E-state index >= 15 is 0 Å². The Labute approximate surface area is 157 Å². The summed E-state index contributed by atoms with van der Waals surface area (Å²) in [7, 11) is -3.41. The van der Waals surface area contributed by atoms with Crippen LogP contribution in [0.15, 0.2) is 48.5 Å². The van der Waals surface area contributed by atoms with Crippen molar-refractivity contribution in [3.05, 3.63) is 69.7 Å². The molecule has 1 amide bonds. The Hall–Kier alpha value is -1.56. The van der Waals surface area contributed by atoms with E-state index in [4.69, 9.17) is 23.2 Å². The SMILES string of the molecule is O=C(c1ccccc1Cl)N1CCC(c2ccccc2Cl)S(=O)(=O)CC1. The minimum atomic E-state index is -3.41. The molecule has 1 unspecified atom stereocenters. The van der Waals surface area contributed by atoms with Crippen LogP contribution in [0.3, 0.4) is 0 Å². The van der Waals surface area contributed by atoms with E-state index in [9.17, 15) is 13.2 Å². The van der Waals surface area contributed by atoms with E-state index in [2.05, 4.69) is 0 Å². The highest BCUT2D eigenvalue weighted by molar-refractivity contribution is 7.91. The van der Waals surface area contributed by atoms with Crippen molar-refractivity contribution in [2.24, 2.45) is 0 Å². The second-order valence-electron chi connectivity index (χ2n) is 5.94. The number of hydrogen-bond donors (Lipinski definition) is 0. The topological polar surface area (TPSA) is 54.5 Å². The molecule has 1 aliphatic rings. The summed E-state index contributed by atoms with van der Waals surface area (Å²) in [6, 6.07) is 13.7. The first-order valence-corrected chi connectivity index (χ1v) is 10.4. The number of hydrogen-bond acceptors (Lipinski definition) is 3. The summed E-state index contributed by atoms with van der Waals surface area (Å²) < 4.78 is 25.4. The van der Waals surface area contributed by atoms with Crippen LogP contribution < -0.4 is 0 Å². The fraction of sp³-hybridized carbons (Fsp3) is 0.278. The van der Waals surface area contributed by atoms with Gasteiger partial charge in [-0.2, -0.15) is 0 Å². The van der Waals surface area contributed by atoms with Crippen LogP contribution in [0.5, 0.6) is 0 Å². The zero-order valence-electron chi connectivity index (χ0n) is 13.4. The molecule has 0 N–H and O–H groups in total. The number of amides is 1. The lowest BCUT2D eigenvalue weighted by Crippen LogP contribution is -2.33. The first kappa shape index (κ1) is 18.2. The van der Waals surface area contributed by atoms with Crippen molar-refractivity contribution >= 4 is 38.9 Å². The maximum Gasteiger partial charge on any atom is 0.255 e. The molecule has 0 bridgehead atoms. The number of nitrogens with zero attached hydrogens (tertiary/aromatic N) is 1. The standard InChI is InChI=1S/C18H17Cl2NO3S/c19-15-7-3-1-5-13(15)17-9-10-21(11-12-25(17,23)24)18(22)14-6-2-4-8-16(14)20/h1-8,17H,9-12H2. The number of halogens is 2. The van der Waals surface area contributed by atoms with Crippen LogP contribution in [0.1, 0.15) is 27.6 Å². The quantitative estimate of drug-likeness (QED) is 0.769. The minimum absolute atomic E-state index is 0.0981. The monoisotopic (exact) mass is 397 g/mol. The van der Waals surface area contributed by atoms with Crippen LogP contribution in [-0.2, 0) is 9.84 Å². The molecule has 132 valence electrons. The zero-order valence-corrected chi connectivity index (χ0v) is 15.7. The fourth-order valence-electron chi connectivity index (χ4n) is 3.04. The summed E-state index contributed by atoms with van der Waals surface area (Å²) in [5, 5.41) is 0.0921. The fourth-order valence-corrected chi connectivity index (χ4v) is 5.40. The molecule has 2 aromatic carbocycles. The molecule has 0 radical (unpaired) electrons. The lowest BCUT2D eigenvalue weighted by molar-refractivity contribution is 0.0767. The van der Waals surface area contributed by atoms with E-state index in [0.717, 1.165) is 0 Å². The number of carbonyl (C=O) groups is 1. The largest absolute Gasteiger partial charge is 0.338 e. The second-order valence-corrected chi connectivity index (χ2v) is 9.06. The van der Waals surface area contributed by atoms with Crippen LogP contribution in [0.2, 0.25) is 10.0 Å². The summed E-state index contributed by atoms with van der Waals surface area (Å²) in [5.41, 5.74) is 0.981. The van der Waals surface area contributed by atoms with Gasteiger partial charge in [-0.1, -0.05) is 53.5 Å². The molecule has 0 saturated carbocycles. The number of rotatable bonds is 2. The van der Waals surface area contributed by atoms with E-state index in [1.807, 2.05) is 0 Å². The molecule has 25 heavy (non-hydrogen) atoms. The Morgan fingerprint density at radius 2 is 1.60 bits per heavy atom. The van der Waals surface area contributed by atoms with Gasteiger partial charge in [0, 0.05) is 18.1 Å². The van der Waals surface area contributed by atoms with Gasteiger partial charge in [0.1, 0.15) is 0 Å². The highest BCUT2D eigenvalue weighted by atomic mass is 35.5. The Bertz CT molecular complexity index is 899. The molecule has 7 heteroatoms. The van der Waals surface area contributed by atoms with Crippen LogP contribution >= 0.6 is 23.2 Å². The van der Waals surface area contributed by atoms with E-state index in [1.165, 1.54) is 0 Å². The first-order valence-electron chi connectivity index (χ1n) is 7.90. The molecule has 1 fully saturated rings. The van der Waals surface area contributed by atoms with E-state index in [1.54, 1.807) is 53.4 Å². The van der Waals surface area contributed by atoms with Gasteiger partial charge in [-0.15, -0.1) is 0 Å². The molecule has 1 heterocycles. The highest BCUT2D eigenvalue weighted by Gasteiger charge is 2.34. The summed E-state index contributed by atoms with van der Waals surface area (Å²) in [4.78, 5) is 14.3. The van der Waals surface area contributed by atoms with Crippen molar-refractivity contribution in [1.29, 1.82) is 0 Å². The molecule has 1 aliphatic heterocycles. The van der Waals surface area contributed by atoms with Gasteiger partial charge in [0.25, 0.3) is 5.91 Å². The zero-order chi connectivity index (χ0) is 18.0. The Morgan fingerprint density at radius 3 is 2.28 bits per heavy atom. The smallest absolute Gasteiger partial charge is 0.255 e. The van der Waals surface area contributed by atoms with Crippen molar-refractivity contribution in [2.75, 3.05) is 18.8 Å². The lowest BCUT2D eigenvalue weighted by atomic mass is 10.1. The summed E-state index contributed by atoms with van der Waals surface area (Å²) >= 11 is 12.3. The first-order chi connectivity index (χ1) is 11.9. The molecule has 1 saturated heterocycles. The van der Waals surface area contributed by atoms with Gasteiger partial charge in [-0.05, 0) is 30.2 Å². The third-order valence-corrected chi connectivity index (χ3v) is 7.17. The van der Waals surface area contributed by atoms with E-state index in [-0.39, 0.29) is 18.2 Å². The Balaban J connectivity index is 1.87. The molecule has 0 spiro atoms. The number of carbonyl (C=O) groups excluding carboxylic acids is 1. The molecular formula is C18H17Cl2NO3S. The van der Waals surface area contributed by atoms with E-state index < -0.39 is 15.1 Å². The molecule has 1 atom stereocenters. The Kier molecular flexibility index (Phi) is 5.37. The second kappa shape index (κ2) is 7.36. The van der Waals surface area contributed by atoms with Crippen LogP contribution in [0.4, 0.5) is 0 Å². The van der Waals surface area contributed by atoms with Crippen LogP contribution in [-0.4, -0.2) is 38.1 Å². The third-order valence-electron chi connectivity index (χ3n) is 4.38. The lowest BCUT2D eigenvalue weighted by Gasteiger charge is -2.20. The van der Waals surface area contributed by atoms with Crippen molar-refractivity contribution in [1.82, 2.24) is 4.90 Å². The number of sulfone groups is 1. The van der Waals surface area contributed by atoms with Gasteiger partial charge < -0.3 is 4.90 Å². The predicted octanol–water partition coefficient (Wildman–Crippen LogP) is 4.00. The molecule has 3 rings (SSSR count). The van der Waals surface area contributed by atoms with Crippen molar-refractivity contribution in [3.8, 4) is 0 Å². The third kappa shape index (κ3) is 3.84. The van der Waals surface area contributed by atoms with Gasteiger partial charge in [0.15, 0.2) is 9.84 Å². The van der Waals surface area contributed by atoms with Crippen molar-refractivity contribution in [3.63, 3.8) is 0 Å². The molecular weight excluding hydrogens is 381 g/mol. The molecule has 4 nitrogen and oxygen atoms in total. The number of benzene rings is 2. The van der Waals surface area contributed by atoms with Gasteiger partial charge in [-0.25, -0.2) is 8.42 Å². The molecule has 0 aromatic heterocycles. The highest BCUT2D eigenvalue weighted by Crippen LogP contribution is 2.34. The molecule has 2 aromatic rings. The maximum absolute atomic E-state index is 12.7. The predicted molar refractivity (Wildman–Crippen MR) is 100.0 cm³/mol. The maximum atomic E-state index is 12.7. The van der Waals surface area contributed by atoms with Gasteiger partial charge >= 0.3 is 0 Å². The average molecular weight is 398 g/mol. The molecule has 0 aliphatic carbocycles.